The number of piperazine rings is 1. The number of rotatable bonds is 7. The Morgan fingerprint density at radius 2 is 1.86 bits per heavy atom. The predicted octanol–water partition coefficient (Wildman–Crippen LogP) is 5.47. The summed E-state index contributed by atoms with van der Waals surface area (Å²) >= 11 is 1.88. The van der Waals surface area contributed by atoms with E-state index in [-0.39, 0.29) is 0 Å². The van der Waals surface area contributed by atoms with Crippen LogP contribution in [0.4, 0.5) is 5.69 Å². The molecule has 6 rings (SSSR count). The Morgan fingerprint density at radius 1 is 1.06 bits per heavy atom. The van der Waals surface area contributed by atoms with E-state index in [0.717, 1.165) is 70.8 Å². The molecular formula is C28H35N5OS. The highest BCUT2D eigenvalue weighted by atomic mass is 32.2. The molecule has 0 amide bonds. The summed E-state index contributed by atoms with van der Waals surface area (Å²) in [7, 11) is 0. The van der Waals surface area contributed by atoms with Crippen molar-refractivity contribution in [2.24, 2.45) is 4.99 Å². The van der Waals surface area contributed by atoms with Gasteiger partial charge in [0.25, 0.3) is 0 Å². The number of aromatic amines is 1. The number of aliphatic imine (C=N–C) groups is 1. The third-order valence-corrected chi connectivity index (χ3v) is 8.69. The van der Waals surface area contributed by atoms with Crippen molar-refractivity contribution in [2.75, 3.05) is 37.2 Å². The van der Waals surface area contributed by atoms with E-state index in [9.17, 15) is 0 Å². The summed E-state index contributed by atoms with van der Waals surface area (Å²) < 4.78 is 6.24. The van der Waals surface area contributed by atoms with Crippen molar-refractivity contribution in [3.63, 3.8) is 0 Å². The van der Waals surface area contributed by atoms with Crippen LogP contribution in [0.15, 0.2) is 53.5 Å². The monoisotopic (exact) mass is 489 g/mol. The van der Waals surface area contributed by atoms with E-state index in [2.05, 4.69) is 45.6 Å². The minimum atomic E-state index is 0.340. The number of thioether (sulfide) groups is 1. The van der Waals surface area contributed by atoms with E-state index < -0.39 is 0 Å². The zero-order chi connectivity index (χ0) is 23.6. The molecule has 0 spiro atoms. The van der Waals surface area contributed by atoms with Crippen LogP contribution in [-0.4, -0.2) is 65.0 Å². The molecule has 3 heterocycles. The lowest BCUT2D eigenvalue weighted by atomic mass is 10.1. The normalized spacial score (nSPS) is 22.4. The van der Waals surface area contributed by atoms with Crippen molar-refractivity contribution >= 4 is 33.4 Å². The Hall–Kier alpha value is -2.48. The molecule has 184 valence electrons. The fourth-order valence-electron chi connectivity index (χ4n) is 5.54. The van der Waals surface area contributed by atoms with E-state index in [4.69, 9.17) is 9.73 Å². The maximum absolute atomic E-state index is 6.24. The van der Waals surface area contributed by atoms with Gasteiger partial charge >= 0.3 is 0 Å². The van der Waals surface area contributed by atoms with Gasteiger partial charge in [-0.1, -0.05) is 31.0 Å². The van der Waals surface area contributed by atoms with Gasteiger partial charge in [0.15, 0.2) is 0 Å². The Balaban J connectivity index is 1.29. The van der Waals surface area contributed by atoms with Gasteiger partial charge in [0, 0.05) is 55.5 Å². The molecule has 3 aliphatic rings. The van der Waals surface area contributed by atoms with Crippen molar-refractivity contribution in [1.29, 1.82) is 0 Å². The molecule has 2 fully saturated rings. The Morgan fingerprint density at radius 3 is 2.66 bits per heavy atom. The van der Waals surface area contributed by atoms with Crippen LogP contribution in [-0.2, 0) is 0 Å². The molecule has 6 nitrogen and oxygen atoms in total. The zero-order valence-electron chi connectivity index (χ0n) is 20.4. The fraction of sp³-hybridized carbons (Fsp3) is 0.464. The third-order valence-electron chi connectivity index (χ3n) is 7.58. The summed E-state index contributed by atoms with van der Waals surface area (Å²) in [5.41, 5.74) is 3.39. The smallest absolute Gasteiger partial charge is 0.130 e. The SMILES string of the molecule is CC([C@H]1CSC(c2cc3cc(Oc4ccccc4)cc(NC4CCCC4)c3[nH]2)=N1)N1CCNCC1. The van der Waals surface area contributed by atoms with Crippen LogP contribution in [0.2, 0.25) is 0 Å². The molecule has 1 saturated carbocycles. The fourth-order valence-corrected chi connectivity index (χ4v) is 6.69. The first-order valence-corrected chi connectivity index (χ1v) is 14.0. The van der Waals surface area contributed by atoms with Gasteiger partial charge in [-0.3, -0.25) is 9.89 Å². The first kappa shape index (κ1) is 23.0. The third kappa shape index (κ3) is 5.08. The van der Waals surface area contributed by atoms with Gasteiger partial charge in [0.1, 0.15) is 16.5 Å². The molecule has 3 aromatic rings. The van der Waals surface area contributed by atoms with Crippen LogP contribution in [0, 0.1) is 0 Å². The van der Waals surface area contributed by atoms with Gasteiger partial charge in [-0.15, -0.1) is 11.8 Å². The first-order chi connectivity index (χ1) is 17.2. The topological polar surface area (TPSA) is 64.7 Å². The van der Waals surface area contributed by atoms with Crippen LogP contribution >= 0.6 is 11.8 Å². The van der Waals surface area contributed by atoms with Crippen molar-refractivity contribution in [3.05, 3.63) is 54.2 Å². The minimum Gasteiger partial charge on any atom is -0.457 e. The number of nitrogens with zero attached hydrogens (tertiary/aromatic N) is 2. The predicted molar refractivity (Wildman–Crippen MR) is 147 cm³/mol. The van der Waals surface area contributed by atoms with Crippen molar-refractivity contribution < 1.29 is 4.74 Å². The number of fused-ring (bicyclic) bond motifs is 1. The Bertz CT molecular complexity index is 1180. The van der Waals surface area contributed by atoms with Gasteiger partial charge in [-0.2, -0.15) is 0 Å². The van der Waals surface area contributed by atoms with E-state index in [1.807, 2.05) is 42.1 Å². The molecule has 35 heavy (non-hydrogen) atoms. The molecule has 3 N–H and O–H groups in total. The second-order valence-corrected chi connectivity index (χ2v) is 11.0. The molecule has 7 heteroatoms. The lowest BCUT2D eigenvalue weighted by molar-refractivity contribution is 0.170. The van der Waals surface area contributed by atoms with Gasteiger partial charge in [-0.25, -0.2) is 0 Å². The number of para-hydroxylation sites is 1. The van der Waals surface area contributed by atoms with E-state index in [1.54, 1.807) is 0 Å². The quantitative estimate of drug-likeness (QED) is 0.411. The average Bonchev–Trinajstić information content (AvgIpc) is 3.66. The average molecular weight is 490 g/mol. The lowest BCUT2D eigenvalue weighted by Gasteiger charge is -2.34. The second-order valence-electron chi connectivity index (χ2n) is 10.00. The highest BCUT2D eigenvalue weighted by Gasteiger charge is 2.30. The number of anilines is 1. The summed E-state index contributed by atoms with van der Waals surface area (Å²) in [5, 5.41) is 9.56. The summed E-state index contributed by atoms with van der Waals surface area (Å²) in [6.07, 6.45) is 5.06. The van der Waals surface area contributed by atoms with Crippen LogP contribution in [0.25, 0.3) is 10.9 Å². The molecule has 1 aliphatic carbocycles. The molecule has 0 radical (unpaired) electrons. The molecule has 0 bridgehead atoms. The number of ether oxygens (including phenoxy) is 1. The maximum atomic E-state index is 6.24. The standard InChI is InChI=1S/C28H35N5OS/c1-19(33-13-11-29-12-14-33)26-18-35-28(32-26)25-16-20-15-23(34-22-9-3-2-4-10-22)17-24(27(20)31-25)30-21-7-5-6-8-21/h2-4,9-10,15-17,19,21,26,29-31H,5-8,11-14,18H2,1H3/t19?,26-/m1/s1. The number of H-pyrrole nitrogens is 1. The van der Waals surface area contributed by atoms with E-state index in [1.165, 1.54) is 25.7 Å². The highest BCUT2D eigenvalue weighted by molar-refractivity contribution is 8.14. The zero-order valence-corrected chi connectivity index (χ0v) is 21.2. The van der Waals surface area contributed by atoms with Crippen molar-refractivity contribution in [2.45, 2.75) is 50.7 Å². The number of hydrogen-bond acceptors (Lipinski definition) is 6. The largest absolute Gasteiger partial charge is 0.457 e. The van der Waals surface area contributed by atoms with Gasteiger partial charge < -0.3 is 20.4 Å². The van der Waals surface area contributed by atoms with Gasteiger partial charge in [-0.05, 0) is 44.0 Å². The summed E-state index contributed by atoms with van der Waals surface area (Å²) in [5.74, 6) is 2.77. The first-order valence-electron chi connectivity index (χ1n) is 13.0. The Labute approximate surface area is 211 Å². The number of nitrogens with one attached hydrogen (secondary N) is 3. The van der Waals surface area contributed by atoms with Crippen LogP contribution in [0.1, 0.15) is 38.3 Å². The highest BCUT2D eigenvalue weighted by Crippen LogP contribution is 2.36. The maximum Gasteiger partial charge on any atom is 0.130 e. The van der Waals surface area contributed by atoms with Gasteiger partial charge in [0.2, 0.25) is 0 Å². The molecule has 1 saturated heterocycles. The lowest BCUT2D eigenvalue weighted by Crippen LogP contribution is -2.51. The van der Waals surface area contributed by atoms with Crippen LogP contribution < -0.4 is 15.4 Å². The van der Waals surface area contributed by atoms with Crippen molar-refractivity contribution in [3.8, 4) is 11.5 Å². The molecule has 2 aromatic carbocycles. The summed E-state index contributed by atoms with van der Waals surface area (Å²) in [4.78, 5) is 11.5. The molecule has 2 aliphatic heterocycles. The molecular weight excluding hydrogens is 454 g/mol. The van der Waals surface area contributed by atoms with E-state index >= 15 is 0 Å². The number of aromatic nitrogens is 1. The minimum absolute atomic E-state index is 0.340. The number of hydrogen-bond donors (Lipinski definition) is 3. The van der Waals surface area contributed by atoms with Crippen LogP contribution in [0.3, 0.4) is 0 Å². The van der Waals surface area contributed by atoms with Crippen LogP contribution in [0.5, 0.6) is 11.5 Å². The molecule has 2 atom stereocenters. The summed E-state index contributed by atoms with van der Waals surface area (Å²) in [6.45, 7) is 6.71. The van der Waals surface area contributed by atoms with Crippen molar-refractivity contribution in [1.82, 2.24) is 15.2 Å². The Kier molecular flexibility index (Phi) is 6.72. The summed E-state index contributed by atoms with van der Waals surface area (Å²) in [6, 6.07) is 17.9. The van der Waals surface area contributed by atoms with E-state index in [0.29, 0.717) is 18.1 Å². The van der Waals surface area contributed by atoms with Gasteiger partial charge in [0.05, 0.1) is 22.9 Å². The number of benzene rings is 2. The molecule has 1 aromatic heterocycles. The molecule has 1 unspecified atom stereocenters. The second kappa shape index (κ2) is 10.2.